The van der Waals surface area contributed by atoms with E-state index in [2.05, 4.69) is 18.0 Å². The lowest BCUT2D eigenvalue weighted by atomic mass is 9.88. The third kappa shape index (κ3) is 2.36. The van der Waals surface area contributed by atoms with Gasteiger partial charge in [0.2, 0.25) is 6.79 Å². The maximum atomic E-state index is 12.8. The summed E-state index contributed by atoms with van der Waals surface area (Å²) in [6.07, 6.45) is 0.341. The van der Waals surface area contributed by atoms with E-state index in [0.29, 0.717) is 28.6 Å². The number of fused-ring (bicyclic) bond motifs is 3. The lowest BCUT2D eigenvalue weighted by Crippen LogP contribution is -2.28. The van der Waals surface area contributed by atoms with E-state index in [0.717, 1.165) is 36.2 Å². The Morgan fingerprint density at radius 1 is 1.18 bits per heavy atom. The van der Waals surface area contributed by atoms with Gasteiger partial charge in [0, 0.05) is 24.2 Å². The molecular formula is C21H21NO6. The number of methoxy groups -OCH3 is 2. The van der Waals surface area contributed by atoms with E-state index < -0.39 is 12.1 Å². The van der Waals surface area contributed by atoms with Crippen LogP contribution >= 0.6 is 0 Å². The summed E-state index contributed by atoms with van der Waals surface area (Å²) in [5.74, 6) is 1.84. The first-order valence-corrected chi connectivity index (χ1v) is 9.21. The molecule has 3 aliphatic rings. The molecule has 146 valence electrons. The highest BCUT2D eigenvalue weighted by Crippen LogP contribution is 2.51. The molecule has 0 aliphatic carbocycles. The van der Waals surface area contributed by atoms with Crippen LogP contribution in [0.15, 0.2) is 18.2 Å². The van der Waals surface area contributed by atoms with E-state index in [4.69, 9.17) is 23.7 Å². The zero-order valence-corrected chi connectivity index (χ0v) is 16.0. The molecule has 3 aliphatic heterocycles. The molecule has 0 N–H and O–H groups in total. The minimum atomic E-state index is -0.570. The van der Waals surface area contributed by atoms with Crippen molar-refractivity contribution in [1.82, 2.24) is 4.90 Å². The summed E-state index contributed by atoms with van der Waals surface area (Å²) in [5, 5.41) is 0. The Balaban J connectivity index is 1.73. The van der Waals surface area contributed by atoms with Crippen molar-refractivity contribution >= 4 is 5.97 Å². The van der Waals surface area contributed by atoms with Crippen molar-refractivity contribution in [2.24, 2.45) is 0 Å². The molecule has 0 spiro atoms. The van der Waals surface area contributed by atoms with Gasteiger partial charge in [0.1, 0.15) is 5.56 Å². The zero-order chi connectivity index (χ0) is 19.4. The van der Waals surface area contributed by atoms with Gasteiger partial charge in [-0.15, -0.1) is 0 Å². The zero-order valence-electron chi connectivity index (χ0n) is 16.0. The quantitative estimate of drug-likeness (QED) is 0.755. The van der Waals surface area contributed by atoms with Crippen molar-refractivity contribution < 1.29 is 28.5 Å². The van der Waals surface area contributed by atoms with Crippen molar-refractivity contribution in [1.29, 1.82) is 0 Å². The van der Waals surface area contributed by atoms with E-state index in [1.165, 1.54) is 12.7 Å². The number of rotatable bonds is 3. The molecule has 28 heavy (non-hydrogen) atoms. The number of cyclic esters (lactones) is 1. The summed E-state index contributed by atoms with van der Waals surface area (Å²) in [4.78, 5) is 15.0. The van der Waals surface area contributed by atoms with Crippen molar-refractivity contribution in [3.8, 4) is 23.0 Å². The fraction of sp³-hybridized carbons (Fsp3) is 0.381. The summed E-state index contributed by atoms with van der Waals surface area (Å²) in [5.41, 5.74) is 4.37. The number of esters is 1. The molecular weight excluding hydrogens is 362 g/mol. The third-order valence-corrected chi connectivity index (χ3v) is 5.65. The highest BCUT2D eigenvalue weighted by molar-refractivity contribution is 5.98. The molecule has 0 bridgehead atoms. The fourth-order valence-corrected chi connectivity index (χ4v) is 4.32. The molecule has 5 rings (SSSR count). The van der Waals surface area contributed by atoms with Gasteiger partial charge in [0.25, 0.3) is 0 Å². The lowest BCUT2D eigenvalue weighted by Gasteiger charge is -2.29. The Morgan fingerprint density at radius 3 is 2.82 bits per heavy atom. The number of hydrogen-bond donors (Lipinski definition) is 0. The largest absolute Gasteiger partial charge is 0.493 e. The minimum Gasteiger partial charge on any atom is -0.493 e. The van der Waals surface area contributed by atoms with Crippen LogP contribution < -0.4 is 18.9 Å². The second-order valence-corrected chi connectivity index (χ2v) is 7.20. The molecule has 1 atom stereocenters. The van der Waals surface area contributed by atoms with Crippen LogP contribution in [-0.4, -0.2) is 45.5 Å². The second-order valence-electron chi connectivity index (χ2n) is 7.20. The molecule has 0 amide bonds. The first kappa shape index (κ1) is 17.2. The number of hydrogen-bond acceptors (Lipinski definition) is 7. The number of carbonyl (C=O) groups is 1. The van der Waals surface area contributed by atoms with Crippen LogP contribution in [0.4, 0.5) is 0 Å². The number of ether oxygens (including phenoxy) is 5. The average molecular weight is 383 g/mol. The first-order chi connectivity index (χ1) is 13.6. The summed E-state index contributed by atoms with van der Waals surface area (Å²) >= 11 is 0. The highest BCUT2D eigenvalue weighted by Gasteiger charge is 2.41. The predicted octanol–water partition coefficient (Wildman–Crippen LogP) is 2.68. The fourth-order valence-electron chi connectivity index (χ4n) is 4.32. The molecule has 7 nitrogen and oxygen atoms in total. The summed E-state index contributed by atoms with van der Waals surface area (Å²) in [6, 6.07) is 5.71. The van der Waals surface area contributed by atoms with Crippen molar-refractivity contribution in [2.45, 2.75) is 19.1 Å². The van der Waals surface area contributed by atoms with E-state index in [9.17, 15) is 4.79 Å². The molecule has 0 aromatic heterocycles. The molecule has 2 aromatic rings. The van der Waals surface area contributed by atoms with Gasteiger partial charge in [-0.3, -0.25) is 0 Å². The van der Waals surface area contributed by atoms with Gasteiger partial charge >= 0.3 is 5.97 Å². The number of likely N-dealkylation sites (N-methyl/N-ethyl adjacent to an activating group) is 1. The molecule has 0 fully saturated rings. The Bertz CT molecular complexity index is 986. The molecule has 0 saturated carbocycles. The van der Waals surface area contributed by atoms with Crippen LogP contribution in [0.2, 0.25) is 0 Å². The molecule has 2 aromatic carbocycles. The van der Waals surface area contributed by atoms with Crippen LogP contribution in [0.25, 0.3) is 0 Å². The molecule has 1 unspecified atom stereocenters. The highest BCUT2D eigenvalue weighted by atomic mass is 16.7. The summed E-state index contributed by atoms with van der Waals surface area (Å²) in [7, 11) is 5.15. The maximum Gasteiger partial charge on any atom is 0.343 e. The summed E-state index contributed by atoms with van der Waals surface area (Å²) < 4.78 is 28.1. The Kier molecular flexibility index (Phi) is 3.87. The predicted molar refractivity (Wildman–Crippen MR) is 99.4 cm³/mol. The SMILES string of the molecule is COc1ccc2c(c1OC)C(=O)OC2c1c2c(cc3c1OCO3)CCN(C)C2. The number of nitrogens with zero attached hydrogens (tertiary/aromatic N) is 1. The average Bonchev–Trinajstić information content (AvgIpc) is 3.30. The second kappa shape index (κ2) is 6.31. The van der Waals surface area contributed by atoms with Crippen molar-refractivity contribution in [2.75, 3.05) is 34.6 Å². The summed E-state index contributed by atoms with van der Waals surface area (Å²) in [6.45, 7) is 1.90. The van der Waals surface area contributed by atoms with E-state index in [1.54, 1.807) is 13.2 Å². The standard InChI is InChI=1S/C21H21NO6/c1-22-7-6-11-8-15-20(27-10-26-15)16(13(11)9-22)18-12-4-5-14(24-2)19(25-3)17(12)21(23)28-18/h4-5,8,18H,6-7,9-10H2,1-3H3. The van der Waals surface area contributed by atoms with Gasteiger partial charge in [0.15, 0.2) is 29.1 Å². The van der Waals surface area contributed by atoms with E-state index in [-0.39, 0.29) is 6.79 Å². The van der Waals surface area contributed by atoms with Gasteiger partial charge in [0.05, 0.1) is 14.2 Å². The van der Waals surface area contributed by atoms with Crippen molar-refractivity contribution in [3.05, 3.63) is 46.0 Å². The smallest absolute Gasteiger partial charge is 0.343 e. The number of benzene rings is 2. The topological polar surface area (TPSA) is 66.5 Å². The Labute approximate surface area is 162 Å². The Morgan fingerprint density at radius 2 is 2.04 bits per heavy atom. The normalized spacial score (nSPS) is 19.8. The van der Waals surface area contributed by atoms with Gasteiger partial charge in [-0.1, -0.05) is 6.07 Å². The van der Waals surface area contributed by atoms with Gasteiger partial charge in [-0.2, -0.15) is 0 Å². The minimum absolute atomic E-state index is 0.167. The first-order valence-electron chi connectivity index (χ1n) is 9.21. The van der Waals surface area contributed by atoms with Gasteiger partial charge < -0.3 is 28.6 Å². The molecule has 0 saturated heterocycles. The Hall–Kier alpha value is -2.93. The van der Waals surface area contributed by atoms with E-state index in [1.807, 2.05) is 6.07 Å². The molecule has 3 heterocycles. The van der Waals surface area contributed by atoms with Gasteiger partial charge in [-0.25, -0.2) is 4.79 Å². The van der Waals surface area contributed by atoms with Crippen LogP contribution in [0.1, 0.15) is 38.7 Å². The third-order valence-electron chi connectivity index (χ3n) is 5.65. The number of carbonyl (C=O) groups excluding carboxylic acids is 1. The van der Waals surface area contributed by atoms with Crippen LogP contribution in [0.5, 0.6) is 23.0 Å². The van der Waals surface area contributed by atoms with Crippen molar-refractivity contribution in [3.63, 3.8) is 0 Å². The monoisotopic (exact) mass is 383 g/mol. The van der Waals surface area contributed by atoms with Crippen LogP contribution in [0, 0.1) is 0 Å². The molecule has 7 heteroatoms. The maximum absolute atomic E-state index is 12.8. The molecule has 0 radical (unpaired) electrons. The van der Waals surface area contributed by atoms with Crippen LogP contribution in [0.3, 0.4) is 0 Å². The lowest BCUT2D eigenvalue weighted by molar-refractivity contribution is 0.0447. The van der Waals surface area contributed by atoms with Crippen LogP contribution in [-0.2, 0) is 17.7 Å². The van der Waals surface area contributed by atoms with Gasteiger partial charge in [-0.05, 0) is 36.7 Å². The van der Waals surface area contributed by atoms with E-state index >= 15 is 0 Å².